The van der Waals surface area contributed by atoms with Crippen LogP contribution in [0.1, 0.15) is 54.0 Å². The highest BCUT2D eigenvalue weighted by atomic mass is 35.6. The number of aliphatic hydroxyl groups is 1. The molecule has 2 N–H and O–H groups in total. The number of hydrogen-bond acceptors (Lipinski definition) is 5. The first kappa shape index (κ1) is 28.8. The largest absolute Gasteiger partial charge is 0.392 e. The van der Waals surface area contributed by atoms with E-state index in [1.54, 1.807) is 12.1 Å². The molecular weight excluding hydrogens is 547 g/mol. The fourth-order valence-corrected chi connectivity index (χ4v) is 4.57. The minimum absolute atomic E-state index is 0.0104. The van der Waals surface area contributed by atoms with Crippen molar-refractivity contribution in [2.45, 2.75) is 48.3 Å². The van der Waals surface area contributed by atoms with Crippen LogP contribution in [0.4, 0.5) is 5.69 Å². The molecule has 202 valence electrons. The number of aliphatic hydroxyl groups excluding tert-OH is 1. The number of carbonyl (C=O) groups excluding carboxylic acids is 1. The molecule has 0 aromatic heterocycles. The van der Waals surface area contributed by atoms with Gasteiger partial charge in [-0.2, -0.15) is 0 Å². The number of nitrogens with zero attached hydrogens (tertiary/aromatic N) is 1. The first-order chi connectivity index (χ1) is 18.1. The van der Waals surface area contributed by atoms with Crippen LogP contribution < -0.4 is 5.32 Å². The first-order valence-electron chi connectivity index (χ1n) is 12.4. The smallest absolute Gasteiger partial charge is 0.276 e. The number of benzene rings is 3. The van der Waals surface area contributed by atoms with E-state index < -0.39 is 16.0 Å². The molecule has 6 nitrogen and oxygen atoms in total. The molecule has 38 heavy (non-hydrogen) atoms. The Morgan fingerprint density at radius 3 is 2.24 bits per heavy atom. The number of ether oxygens (including phenoxy) is 2. The Morgan fingerprint density at radius 2 is 1.63 bits per heavy atom. The number of carbonyl (C=O) groups is 1. The minimum Gasteiger partial charge on any atom is -0.392 e. The van der Waals surface area contributed by atoms with E-state index >= 15 is 0 Å². The Labute approximate surface area is 238 Å². The SMILES string of the molecule is C[C@@H](c1ccccc1)N(C)C[C@@H]1C[C@H](c2ccc(CO)cc2)O[C@H](c2ccc(NC(=O)C(Cl)(Cl)Cl)cc2)O1. The van der Waals surface area contributed by atoms with E-state index in [0.717, 1.165) is 16.7 Å². The summed E-state index contributed by atoms with van der Waals surface area (Å²) in [6.07, 6.45) is -0.237. The zero-order valence-electron chi connectivity index (χ0n) is 21.2. The zero-order chi connectivity index (χ0) is 27.3. The number of alkyl halides is 3. The molecule has 1 aliphatic heterocycles. The van der Waals surface area contributed by atoms with Crippen molar-refractivity contribution in [3.8, 4) is 0 Å². The number of likely N-dealkylation sites (N-methyl/N-ethyl adjacent to an activating group) is 1. The molecule has 1 amide bonds. The first-order valence-corrected chi connectivity index (χ1v) is 13.5. The van der Waals surface area contributed by atoms with E-state index in [1.807, 2.05) is 54.6 Å². The Balaban J connectivity index is 1.52. The number of anilines is 1. The minimum atomic E-state index is -2.05. The Hall–Kier alpha value is -2.16. The molecule has 0 aliphatic carbocycles. The maximum atomic E-state index is 12.0. The predicted molar refractivity (Wildman–Crippen MR) is 151 cm³/mol. The molecule has 0 spiro atoms. The molecule has 4 rings (SSSR count). The fraction of sp³-hybridized carbons (Fsp3) is 0.345. The van der Waals surface area contributed by atoms with Crippen LogP contribution in [-0.2, 0) is 20.9 Å². The lowest BCUT2D eigenvalue weighted by Gasteiger charge is -2.39. The van der Waals surface area contributed by atoms with Gasteiger partial charge in [0.2, 0.25) is 0 Å². The summed E-state index contributed by atoms with van der Waals surface area (Å²) in [4.78, 5) is 14.3. The van der Waals surface area contributed by atoms with Crippen LogP contribution in [0.25, 0.3) is 0 Å². The number of halogens is 3. The highest BCUT2D eigenvalue weighted by Crippen LogP contribution is 2.39. The lowest BCUT2D eigenvalue weighted by molar-refractivity contribution is -0.253. The van der Waals surface area contributed by atoms with Crippen LogP contribution in [0.5, 0.6) is 0 Å². The highest BCUT2D eigenvalue weighted by molar-refractivity contribution is 6.76. The van der Waals surface area contributed by atoms with Crippen LogP contribution in [0, 0.1) is 0 Å². The average Bonchev–Trinajstić information content (AvgIpc) is 2.93. The average molecular weight is 578 g/mol. The van der Waals surface area contributed by atoms with Crippen LogP contribution >= 0.6 is 34.8 Å². The van der Waals surface area contributed by atoms with Gasteiger partial charge in [-0.25, -0.2) is 0 Å². The molecule has 0 bridgehead atoms. The molecule has 3 aromatic rings. The lowest BCUT2D eigenvalue weighted by Crippen LogP contribution is -2.38. The van der Waals surface area contributed by atoms with Crippen molar-refractivity contribution in [3.05, 3.63) is 101 Å². The molecular formula is C29H31Cl3N2O4. The van der Waals surface area contributed by atoms with E-state index in [0.29, 0.717) is 18.7 Å². The van der Waals surface area contributed by atoms with E-state index in [4.69, 9.17) is 44.3 Å². The van der Waals surface area contributed by atoms with Gasteiger partial charge in [0, 0.05) is 30.3 Å². The molecule has 9 heteroatoms. The third-order valence-electron chi connectivity index (χ3n) is 6.75. The van der Waals surface area contributed by atoms with Gasteiger partial charge in [0.15, 0.2) is 6.29 Å². The maximum Gasteiger partial charge on any atom is 0.276 e. The molecule has 0 unspecified atom stereocenters. The molecule has 1 heterocycles. The van der Waals surface area contributed by atoms with Crippen molar-refractivity contribution >= 4 is 46.4 Å². The molecule has 3 aromatic carbocycles. The lowest BCUT2D eigenvalue weighted by atomic mass is 9.99. The van der Waals surface area contributed by atoms with E-state index in [2.05, 4.69) is 36.3 Å². The van der Waals surface area contributed by atoms with Gasteiger partial charge in [-0.3, -0.25) is 9.69 Å². The number of nitrogens with one attached hydrogen (secondary N) is 1. The molecule has 1 aliphatic rings. The second kappa shape index (κ2) is 12.8. The van der Waals surface area contributed by atoms with Crippen molar-refractivity contribution in [2.75, 3.05) is 18.9 Å². The van der Waals surface area contributed by atoms with Gasteiger partial charge in [-0.05, 0) is 42.8 Å². The van der Waals surface area contributed by atoms with Gasteiger partial charge in [-0.1, -0.05) is 102 Å². The van der Waals surface area contributed by atoms with Gasteiger partial charge in [-0.15, -0.1) is 0 Å². The summed E-state index contributed by atoms with van der Waals surface area (Å²) in [7, 11) is 2.10. The summed E-state index contributed by atoms with van der Waals surface area (Å²) in [6.45, 7) is 2.88. The summed E-state index contributed by atoms with van der Waals surface area (Å²) in [5, 5.41) is 12.0. The highest BCUT2D eigenvalue weighted by Gasteiger charge is 2.34. The topological polar surface area (TPSA) is 71.0 Å². The summed E-state index contributed by atoms with van der Waals surface area (Å²) in [5.74, 6) is -0.734. The third kappa shape index (κ3) is 7.48. The van der Waals surface area contributed by atoms with Gasteiger partial charge in [0.1, 0.15) is 0 Å². The molecule has 0 saturated carbocycles. The summed E-state index contributed by atoms with van der Waals surface area (Å²) >= 11 is 17.0. The summed E-state index contributed by atoms with van der Waals surface area (Å²) in [5.41, 5.74) is 4.40. The second-order valence-corrected chi connectivity index (χ2v) is 11.7. The van der Waals surface area contributed by atoms with Crippen molar-refractivity contribution in [1.29, 1.82) is 0 Å². The van der Waals surface area contributed by atoms with E-state index in [9.17, 15) is 9.90 Å². The van der Waals surface area contributed by atoms with Crippen molar-refractivity contribution in [3.63, 3.8) is 0 Å². The van der Waals surface area contributed by atoms with Gasteiger partial charge >= 0.3 is 0 Å². The Kier molecular flexibility index (Phi) is 9.71. The monoisotopic (exact) mass is 576 g/mol. The standard InChI is InChI=1S/C29H31Cl3N2O4/c1-19(21-6-4-3-5-7-21)34(2)17-25-16-26(22-10-8-20(18-35)9-11-22)38-27(37-25)23-12-14-24(15-13-23)33-28(36)29(30,31)32/h3-15,19,25-27,35H,16-18H2,1-2H3,(H,33,36)/t19-,25-,26+,27+/m0/s1. The number of amides is 1. The number of hydrogen-bond donors (Lipinski definition) is 2. The van der Waals surface area contributed by atoms with Crippen LogP contribution in [0.2, 0.25) is 0 Å². The van der Waals surface area contributed by atoms with Gasteiger partial charge < -0.3 is 19.9 Å². The normalized spacial score (nSPS) is 20.8. The zero-order valence-corrected chi connectivity index (χ0v) is 23.5. The van der Waals surface area contributed by atoms with Gasteiger partial charge in [0.05, 0.1) is 18.8 Å². The molecule has 1 fully saturated rings. The molecule has 4 atom stereocenters. The predicted octanol–water partition coefficient (Wildman–Crippen LogP) is 6.73. The van der Waals surface area contributed by atoms with Crippen LogP contribution in [0.3, 0.4) is 0 Å². The Morgan fingerprint density at radius 1 is 1.00 bits per heavy atom. The quantitative estimate of drug-likeness (QED) is 0.291. The van der Waals surface area contributed by atoms with Crippen LogP contribution in [0.15, 0.2) is 78.9 Å². The van der Waals surface area contributed by atoms with Gasteiger partial charge in [0.25, 0.3) is 9.70 Å². The maximum absolute atomic E-state index is 12.0. The van der Waals surface area contributed by atoms with Crippen LogP contribution in [-0.4, -0.2) is 39.4 Å². The third-order valence-corrected chi connectivity index (χ3v) is 7.26. The Bertz CT molecular complexity index is 1190. The van der Waals surface area contributed by atoms with E-state index in [-0.39, 0.29) is 24.9 Å². The molecule has 1 saturated heterocycles. The fourth-order valence-electron chi connectivity index (χ4n) is 4.42. The number of rotatable bonds is 8. The van der Waals surface area contributed by atoms with Crippen molar-refractivity contribution in [2.24, 2.45) is 0 Å². The van der Waals surface area contributed by atoms with E-state index in [1.165, 1.54) is 5.56 Å². The molecule has 0 radical (unpaired) electrons. The summed E-state index contributed by atoms with van der Waals surface area (Å²) < 4.78 is 10.8. The van der Waals surface area contributed by atoms with Crippen molar-refractivity contribution < 1.29 is 19.4 Å². The second-order valence-electron chi connectivity index (χ2n) is 9.45. The van der Waals surface area contributed by atoms with Crippen molar-refractivity contribution in [1.82, 2.24) is 4.90 Å². The summed E-state index contributed by atoms with van der Waals surface area (Å²) in [6, 6.07) is 25.4.